The lowest BCUT2D eigenvalue weighted by atomic mass is 10.1. The molecule has 2 heteroatoms. The Labute approximate surface area is 82.6 Å². The summed E-state index contributed by atoms with van der Waals surface area (Å²) < 4.78 is 10.3. The minimum atomic E-state index is 0.385. The van der Waals surface area contributed by atoms with Crippen molar-refractivity contribution in [2.45, 2.75) is 51.7 Å². The Balaban J connectivity index is 3.08. The van der Waals surface area contributed by atoms with E-state index in [9.17, 15) is 0 Å². The summed E-state index contributed by atoms with van der Waals surface area (Å²) in [5.74, 6) is 0. The lowest BCUT2D eigenvalue weighted by Crippen LogP contribution is -2.06. The number of hydrogen-bond acceptors (Lipinski definition) is 2. The van der Waals surface area contributed by atoms with Crippen LogP contribution in [0.3, 0.4) is 0 Å². The van der Waals surface area contributed by atoms with Crippen molar-refractivity contribution in [1.82, 2.24) is 0 Å². The fourth-order valence-corrected chi connectivity index (χ4v) is 1.09. The normalized spacial score (nSPS) is 15.7. The van der Waals surface area contributed by atoms with Gasteiger partial charge >= 0.3 is 0 Å². The van der Waals surface area contributed by atoms with Crippen molar-refractivity contribution in [2.75, 3.05) is 14.2 Å². The van der Waals surface area contributed by atoms with E-state index in [-0.39, 0.29) is 0 Å². The van der Waals surface area contributed by atoms with Gasteiger partial charge in [0.15, 0.2) is 0 Å². The summed E-state index contributed by atoms with van der Waals surface area (Å²) in [4.78, 5) is 0. The Morgan fingerprint density at radius 1 is 0.923 bits per heavy atom. The first-order valence-electron chi connectivity index (χ1n) is 5.08. The van der Waals surface area contributed by atoms with Crippen LogP contribution in [0.15, 0.2) is 0 Å². The van der Waals surface area contributed by atoms with Crippen LogP contribution >= 0.6 is 0 Å². The lowest BCUT2D eigenvalue weighted by molar-refractivity contribution is 0.106. The van der Waals surface area contributed by atoms with Crippen LogP contribution in [0, 0.1) is 6.42 Å². The van der Waals surface area contributed by atoms with E-state index < -0.39 is 0 Å². The predicted molar refractivity (Wildman–Crippen MR) is 55.7 cm³/mol. The summed E-state index contributed by atoms with van der Waals surface area (Å²) in [7, 11) is 3.52. The van der Waals surface area contributed by atoms with Gasteiger partial charge in [0.25, 0.3) is 0 Å². The minimum Gasteiger partial charge on any atom is -0.382 e. The molecule has 1 radical (unpaired) electrons. The molecule has 0 amide bonds. The molecule has 0 fully saturated rings. The van der Waals surface area contributed by atoms with E-state index in [4.69, 9.17) is 9.47 Å². The Morgan fingerprint density at radius 2 is 1.31 bits per heavy atom. The minimum absolute atomic E-state index is 0.385. The third-order valence-corrected chi connectivity index (χ3v) is 2.36. The van der Waals surface area contributed by atoms with Gasteiger partial charge in [-0.1, -0.05) is 0 Å². The topological polar surface area (TPSA) is 18.5 Å². The van der Waals surface area contributed by atoms with Gasteiger partial charge in [0.1, 0.15) is 0 Å². The van der Waals surface area contributed by atoms with E-state index in [2.05, 4.69) is 20.3 Å². The van der Waals surface area contributed by atoms with Gasteiger partial charge in [-0.25, -0.2) is 0 Å². The molecule has 0 aromatic heterocycles. The average Bonchev–Trinajstić information content (AvgIpc) is 2.16. The zero-order valence-corrected chi connectivity index (χ0v) is 9.38. The molecular weight excluding hydrogens is 164 g/mol. The van der Waals surface area contributed by atoms with Crippen LogP contribution in [0.2, 0.25) is 0 Å². The molecule has 0 aliphatic heterocycles. The van der Waals surface area contributed by atoms with E-state index in [1.807, 2.05) is 0 Å². The molecule has 79 valence electrons. The van der Waals surface area contributed by atoms with Gasteiger partial charge < -0.3 is 9.47 Å². The van der Waals surface area contributed by atoms with Gasteiger partial charge in [0.2, 0.25) is 0 Å². The second-order valence-corrected chi connectivity index (χ2v) is 3.54. The predicted octanol–water partition coefficient (Wildman–Crippen LogP) is 2.82. The molecule has 0 aliphatic carbocycles. The van der Waals surface area contributed by atoms with Crippen LogP contribution in [-0.2, 0) is 9.47 Å². The molecule has 0 saturated carbocycles. The second kappa shape index (κ2) is 8.52. The fraction of sp³-hybridized carbons (Fsp3) is 0.909. The largest absolute Gasteiger partial charge is 0.382 e. The molecule has 0 aromatic carbocycles. The van der Waals surface area contributed by atoms with E-state index in [1.54, 1.807) is 14.2 Å². The molecule has 0 N–H and O–H groups in total. The molecule has 2 unspecified atom stereocenters. The van der Waals surface area contributed by atoms with Crippen LogP contribution in [-0.4, -0.2) is 26.4 Å². The molecule has 0 spiro atoms. The number of hydrogen-bond donors (Lipinski definition) is 0. The van der Waals surface area contributed by atoms with Crippen molar-refractivity contribution in [3.63, 3.8) is 0 Å². The zero-order valence-electron chi connectivity index (χ0n) is 9.38. The Hall–Kier alpha value is -0.0800. The molecule has 0 bridgehead atoms. The molecule has 0 aliphatic rings. The highest BCUT2D eigenvalue weighted by Crippen LogP contribution is 2.08. The number of unbranched alkanes of at least 4 members (excludes halogenated alkanes) is 2. The van der Waals surface area contributed by atoms with Crippen molar-refractivity contribution in [3.8, 4) is 0 Å². The maximum absolute atomic E-state index is 5.15. The maximum Gasteiger partial charge on any atom is 0.0543 e. The maximum atomic E-state index is 5.15. The second-order valence-electron chi connectivity index (χ2n) is 3.54. The number of rotatable bonds is 8. The number of ether oxygens (including phenoxy) is 2. The molecule has 0 aromatic rings. The fourth-order valence-electron chi connectivity index (χ4n) is 1.09. The van der Waals surface area contributed by atoms with Gasteiger partial charge in [-0.05, 0) is 46.0 Å². The van der Waals surface area contributed by atoms with E-state index in [0.29, 0.717) is 12.2 Å². The third-order valence-electron chi connectivity index (χ3n) is 2.36. The van der Waals surface area contributed by atoms with Crippen LogP contribution in [0.1, 0.15) is 39.5 Å². The standard InChI is InChI=1S/C11H23O2/c1-10(12-3)8-6-5-7-9-11(2)13-4/h5,10-11H,6-9H2,1-4H3. The van der Waals surface area contributed by atoms with Gasteiger partial charge in [0.05, 0.1) is 12.2 Å². The Kier molecular flexibility index (Phi) is 8.46. The number of methoxy groups -OCH3 is 2. The highest BCUT2D eigenvalue weighted by molar-refractivity contribution is 4.68. The first kappa shape index (κ1) is 12.9. The quantitative estimate of drug-likeness (QED) is 0.544. The first-order chi connectivity index (χ1) is 6.20. The smallest absolute Gasteiger partial charge is 0.0543 e. The van der Waals surface area contributed by atoms with Crippen LogP contribution < -0.4 is 0 Å². The average molecular weight is 187 g/mol. The van der Waals surface area contributed by atoms with Crippen molar-refractivity contribution in [1.29, 1.82) is 0 Å². The molecular formula is C11H23O2. The molecule has 2 atom stereocenters. The van der Waals surface area contributed by atoms with Gasteiger partial charge in [-0.2, -0.15) is 0 Å². The summed E-state index contributed by atoms with van der Waals surface area (Å²) in [5.41, 5.74) is 0. The summed E-state index contributed by atoms with van der Waals surface area (Å²) in [5, 5.41) is 0. The highest BCUT2D eigenvalue weighted by Gasteiger charge is 2.01. The molecule has 0 heterocycles. The van der Waals surface area contributed by atoms with Crippen molar-refractivity contribution >= 4 is 0 Å². The summed E-state index contributed by atoms with van der Waals surface area (Å²) in [6, 6.07) is 0. The monoisotopic (exact) mass is 187 g/mol. The van der Waals surface area contributed by atoms with Crippen molar-refractivity contribution in [3.05, 3.63) is 6.42 Å². The van der Waals surface area contributed by atoms with Gasteiger partial charge in [-0.3, -0.25) is 0 Å². The Morgan fingerprint density at radius 3 is 1.62 bits per heavy atom. The van der Waals surface area contributed by atoms with Crippen LogP contribution in [0.25, 0.3) is 0 Å². The Bertz CT molecular complexity index is 92.3. The van der Waals surface area contributed by atoms with Crippen molar-refractivity contribution in [2.24, 2.45) is 0 Å². The first-order valence-corrected chi connectivity index (χ1v) is 5.08. The van der Waals surface area contributed by atoms with Gasteiger partial charge in [-0.15, -0.1) is 0 Å². The van der Waals surface area contributed by atoms with Crippen LogP contribution in [0.5, 0.6) is 0 Å². The lowest BCUT2D eigenvalue weighted by Gasteiger charge is -2.10. The van der Waals surface area contributed by atoms with Gasteiger partial charge in [0, 0.05) is 14.2 Å². The molecule has 2 nitrogen and oxygen atoms in total. The third kappa shape index (κ3) is 8.26. The molecule has 0 saturated heterocycles. The SMILES string of the molecule is COC(C)CC[CH]CCC(C)OC. The summed E-state index contributed by atoms with van der Waals surface area (Å²) in [6.07, 6.45) is 7.63. The van der Waals surface area contributed by atoms with E-state index in [0.717, 1.165) is 25.7 Å². The molecule has 13 heavy (non-hydrogen) atoms. The van der Waals surface area contributed by atoms with E-state index in [1.165, 1.54) is 0 Å². The van der Waals surface area contributed by atoms with E-state index >= 15 is 0 Å². The van der Waals surface area contributed by atoms with Crippen molar-refractivity contribution < 1.29 is 9.47 Å². The summed E-state index contributed by atoms with van der Waals surface area (Å²) >= 11 is 0. The summed E-state index contributed by atoms with van der Waals surface area (Å²) in [6.45, 7) is 4.21. The molecule has 0 rings (SSSR count). The van der Waals surface area contributed by atoms with Crippen LogP contribution in [0.4, 0.5) is 0 Å². The zero-order chi connectivity index (χ0) is 10.1. The highest BCUT2D eigenvalue weighted by atomic mass is 16.5.